The predicted molar refractivity (Wildman–Crippen MR) is 305 cm³/mol. The predicted octanol–water partition coefficient (Wildman–Crippen LogP) is 17.2. The maximum absolute atomic E-state index is 5.10. The molecule has 0 N–H and O–H groups in total. The van der Waals surface area contributed by atoms with E-state index in [4.69, 9.17) is 4.74 Å². The molecule has 4 saturated carbocycles. The highest BCUT2D eigenvalue weighted by molar-refractivity contribution is 5.17. The van der Waals surface area contributed by atoms with Gasteiger partial charge in [-0.1, -0.05) is 268 Å². The van der Waals surface area contributed by atoms with Crippen molar-refractivity contribution in [1.82, 2.24) is 19.7 Å². The van der Waals surface area contributed by atoms with Crippen LogP contribution < -0.4 is 0 Å². The number of morpholine rings is 1. The van der Waals surface area contributed by atoms with Gasteiger partial charge in [-0.25, -0.2) is 0 Å². The van der Waals surface area contributed by atoms with Crippen molar-refractivity contribution >= 4 is 0 Å². The smallest absolute Gasteiger partial charge is 0.0594 e. The Kier molecular flexibility index (Phi) is 52.0. The van der Waals surface area contributed by atoms with Crippen LogP contribution in [0.25, 0.3) is 0 Å². The third-order valence-electron chi connectivity index (χ3n) is 11.8. The van der Waals surface area contributed by atoms with Gasteiger partial charge in [0.1, 0.15) is 0 Å². The Balaban J connectivity index is 0. The average Bonchev–Trinajstić information content (AvgIpc) is 4.36. The number of pyridine rings is 1. The fourth-order valence-electron chi connectivity index (χ4n) is 6.45. The van der Waals surface area contributed by atoms with Crippen LogP contribution in [-0.4, -0.2) is 93.3 Å². The Morgan fingerprint density at radius 3 is 0.956 bits per heavy atom. The van der Waals surface area contributed by atoms with E-state index in [0.717, 1.165) is 44.6 Å². The molecule has 1 aromatic heterocycles. The van der Waals surface area contributed by atoms with Crippen LogP contribution in [0, 0.1) is 11.8 Å². The van der Waals surface area contributed by atoms with Crippen LogP contribution in [0.5, 0.6) is 0 Å². The molecule has 0 unspecified atom stereocenters. The van der Waals surface area contributed by atoms with Crippen molar-refractivity contribution in [2.45, 2.75) is 177 Å². The molecule has 10 rings (SSSR count). The number of likely N-dealkylation sites (N-methyl/N-ethyl adjacent to an activating group) is 3. The molecule has 5 heteroatoms. The summed E-state index contributed by atoms with van der Waals surface area (Å²) in [6.07, 6.45) is 28.5. The normalized spacial score (nSPS) is 16.8. The zero-order valence-corrected chi connectivity index (χ0v) is 46.7. The van der Waals surface area contributed by atoms with Crippen molar-refractivity contribution < 1.29 is 4.74 Å². The molecular weight excluding hydrogens is 829 g/mol. The van der Waals surface area contributed by atoms with Crippen LogP contribution in [0.2, 0.25) is 0 Å². The van der Waals surface area contributed by atoms with Gasteiger partial charge in [-0.15, -0.1) is 0 Å². The third kappa shape index (κ3) is 52.0. The van der Waals surface area contributed by atoms with Gasteiger partial charge < -0.3 is 19.4 Å². The number of nitrogens with zero attached hydrogens (tertiary/aromatic N) is 4. The number of piperazine rings is 1. The van der Waals surface area contributed by atoms with Crippen molar-refractivity contribution in [3.63, 3.8) is 0 Å². The standard InChI is InChI=1S/C9H12.C8H10.C6H14N2.C6H12.C6H6.C5H11NO.C5H5N.2C5H10.C4H8.2C2H6/c1-8(2)9-6-4-3-5-7-9;1-2-8-6-4-3-5-7-8;1-7-3-5-8(2)6-4-7;2*1-2-4-6-5-3-1;1-6-2-4-7-5-3-6;1-2-4-6-5-3-1;1-2-5-3-4-5;1-2-4-5-3-1;1-4-2-3-4;2*1-2/h3-8H,1-2H3;3-7H,2H2,1H3;3-6H2,1-2H3;1-6H2;1-6H;2-5H2,1H3;1-5H;5H,2-4H2,1H3;1-5H2;4H,2-3H2,1H3;2*1-2H3. The highest BCUT2D eigenvalue weighted by Crippen LogP contribution is 2.31. The molecule has 4 aliphatic carbocycles. The first-order valence-electron chi connectivity index (χ1n) is 27.8. The number of aryl methyl sites for hydroxylation is 1. The summed E-state index contributed by atoms with van der Waals surface area (Å²) in [5.41, 5.74) is 2.82. The summed E-state index contributed by atoms with van der Waals surface area (Å²) in [6, 6.07) is 38.7. The Hall–Kier alpha value is -3.35. The fraction of sp³-hybridized carbons (Fsp3) is 0.635. The van der Waals surface area contributed by atoms with Gasteiger partial charge in [0.2, 0.25) is 0 Å². The van der Waals surface area contributed by atoms with E-state index >= 15 is 0 Å². The molecule has 0 bridgehead atoms. The minimum Gasteiger partial charge on any atom is -0.379 e. The summed E-state index contributed by atoms with van der Waals surface area (Å²) in [5.74, 6) is 2.88. The second-order valence-electron chi connectivity index (χ2n) is 18.5. The second kappa shape index (κ2) is 53.0. The molecule has 6 fully saturated rings. The molecule has 6 aliphatic rings. The van der Waals surface area contributed by atoms with E-state index in [1.807, 2.05) is 94.4 Å². The number of aromatic nitrogens is 1. The summed E-state index contributed by atoms with van der Waals surface area (Å²) in [6.45, 7) is 28.1. The zero-order chi connectivity index (χ0) is 50.6. The zero-order valence-electron chi connectivity index (χ0n) is 46.7. The Morgan fingerprint density at radius 2 is 0.779 bits per heavy atom. The van der Waals surface area contributed by atoms with E-state index in [0.29, 0.717) is 5.92 Å². The van der Waals surface area contributed by atoms with Gasteiger partial charge in [-0.3, -0.25) is 4.98 Å². The van der Waals surface area contributed by atoms with Gasteiger partial charge in [0.25, 0.3) is 0 Å². The number of hydrogen-bond acceptors (Lipinski definition) is 5. The van der Waals surface area contributed by atoms with Gasteiger partial charge in [0.05, 0.1) is 13.2 Å². The minimum atomic E-state index is 0.659. The summed E-state index contributed by atoms with van der Waals surface area (Å²) >= 11 is 0. The molecule has 68 heavy (non-hydrogen) atoms. The average molecular weight is 940 g/mol. The van der Waals surface area contributed by atoms with Gasteiger partial charge in [0.15, 0.2) is 0 Å². The van der Waals surface area contributed by atoms with Gasteiger partial charge >= 0.3 is 0 Å². The lowest BCUT2D eigenvalue weighted by molar-refractivity contribution is 0.0503. The van der Waals surface area contributed by atoms with E-state index < -0.39 is 0 Å². The maximum Gasteiger partial charge on any atom is 0.0594 e. The van der Waals surface area contributed by atoms with Gasteiger partial charge in [-0.2, -0.15) is 0 Å². The van der Waals surface area contributed by atoms with Crippen LogP contribution in [0.4, 0.5) is 0 Å². The monoisotopic (exact) mass is 939 g/mol. The van der Waals surface area contributed by atoms with E-state index in [1.165, 1.54) is 140 Å². The SMILES string of the molecule is C1CCCC1.C1CCCCC1.CC.CC.CC(C)c1ccccc1.CC1CC1.CCC1CC1.CCc1ccccc1.CN1CCN(C)CC1.CN1CCOCC1.c1ccccc1.c1ccncc1. The summed E-state index contributed by atoms with van der Waals surface area (Å²) < 4.78 is 5.10. The number of benzene rings is 3. The molecule has 2 saturated heterocycles. The number of hydrogen-bond donors (Lipinski definition) is 0. The molecule has 0 radical (unpaired) electrons. The lowest BCUT2D eigenvalue weighted by Crippen LogP contribution is -2.42. The summed E-state index contributed by atoms with van der Waals surface area (Å²) in [4.78, 5) is 10.8. The lowest BCUT2D eigenvalue weighted by Gasteiger charge is -2.28. The minimum absolute atomic E-state index is 0.659. The first kappa shape index (κ1) is 66.7. The molecule has 0 spiro atoms. The van der Waals surface area contributed by atoms with Gasteiger partial charge in [-0.05, 0) is 68.6 Å². The molecule has 4 aromatic rings. The molecule has 0 atom stereocenters. The summed E-state index contributed by atoms with van der Waals surface area (Å²) in [5, 5.41) is 0. The topological polar surface area (TPSA) is 31.8 Å². The fourth-order valence-corrected chi connectivity index (χ4v) is 6.45. The molecule has 0 amide bonds. The Labute approximate surface area is 424 Å². The highest BCUT2D eigenvalue weighted by Gasteiger charge is 2.17. The third-order valence-corrected chi connectivity index (χ3v) is 11.8. The first-order chi connectivity index (χ1) is 33.2. The van der Waals surface area contributed by atoms with Crippen molar-refractivity contribution in [3.8, 4) is 0 Å². The molecule has 388 valence electrons. The largest absolute Gasteiger partial charge is 0.379 e. The van der Waals surface area contributed by atoms with E-state index in [-0.39, 0.29) is 0 Å². The molecule has 5 nitrogen and oxygen atoms in total. The molecule has 3 heterocycles. The molecule has 2 aliphatic heterocycles. The molecular formula is C63H110N4O. The van der Waals surface area contributed by atoms with E-state index in [1.54, 1.807) is 12.4 Å². The lowest BCUT2D eigenvalue weighted by atomic mass is 10.0. The van der Waals surface area contributed by atoms with Crippen LogP contribution in [0.3, 0.4) is 0 Å². The number of rotatable bonds is 3. The Morgan fingerprint density at radius 1 is 0.471 bits per heavy atom. The highest BCUT2D eigenvalue weighted by atomic mass is 16.5. The van der Waals surface area contributed by atoms with E-state index in [9.17, 15) is 0 Å². The Bertz CT molecular complexity index is 1310. The molecule has 3 aromatic carbocycles. The van der Waals surface area contributed by atoms with Crippen molar-refractivity contribution in [1.29, 1.82) is 0 Å². The van der Waals surface area contributed by atoms with Crippen molar-refractivity contribution in [2.24, 2.45) is 11.8 Å². The van der Waals surface area contributed by atoms with Crippen LogP contribution in [0.1, 0.15) is 182 Å². The van der Waals surface area contributed by atoms with Gasteiger partial charge in [0, 0.05) is 51.7 Å². The maximum atomic E-state index is 5.10. The van der Waals surface area contributed by atoms with Crippen LogP contribution >= 0.6 is 0 Å². The van der Waals surface area contributed by atoms with E-state index in [2.05, 4.69) is 124 Å². The first-order valence-corrected chi connectivity index (χ1v) is 27.8. The van der Waals surface area contributed by atoms with Crippen LogP contribution in [0.15, 0.2) is 128 Å². The second-order valence-corrected chi connectivity index (χ2v) is 18.5. The van der Waals surface area contributed by atoms with Crippen molar-refractivity contribution in [2.75, 3.05) is 73.6 Å². The summed E-state index contributed by atoms with van der Waals surface area (Å²) in [7, 11) is 6.46. The van der Waals surface area contributed by atoms with Crippen LogP contribution in [-0.2, 0) is 11.2 Å². The quantitative estimate of drug-likeness (QED) is 0.204. The number of ether oxygens (including phenoxy) is 1. The van der Waals surface area contributed by atoms with Crippen molar-refractivity contribution in [3.05, 3.63) is 139 Å².